The topological polar surface area (TPSA) is 215 Å². The number of nitrogens with zero attached hydrogens (tertiary/aromatic N) is 6. The molecule has 3 fully saturated rings. The number of allylic oxidation sites excluding steroid dienone is 1. The Morgan fingerprint density at radius 2 is 1.45 bits per heavy atom. The number of amides is 7. The predicted molar refractivity (Wildman–Crippen MR) is 285 cm³/mol. The van der Waals surface area contributed by atoms with E-state index in [2.05, 4.69) is 45.6 Å². The Morgan fingerprint density at radius 3 is 2.14 bits per heavy atom. The molecule has 8 rings (SSSR count). The molecule has 5 aliphatic heterocycles. The number of carbonyl (C=O) groups excluding carboxylic acids is 7. The average Bonchev–Trinajstić information content (AvgIpc) is 4.10. The smallest absolute Gasteiger partial charge is 0.410 e. The third kappa shape index (κ3) is 14.5. The van der Waals surface area contributed by atoms with Crippen LogP contribution in [0.25, 0.3) is 5.57 Å². The van der Waals surface area contributed by atoms with Crippen LogP contribution in [0.1, 0.15) is 92.1 Å². The first-order valence-electron chi connectivity index (χ1n) is 26.6. The van der Waals surface area contributed by atoms with Crippen LogP contribution >= 0.6 is 0 Å². The van der Waals surface area contributed by atoms with Crippen LogP contribution in [0.4, 0.5) is 10.5 Å². The Bertz CT molecular complexity index is 2710. The summed E-state index contributed by atoms with van der Waals surface area (Å²) in [6.07, 6.45) is 5.21. The largest absolute Gasteiger partial charge is 0.490 e. The second-order valence-electron chi connectivity index (χ2n) is 21.1. The van der Waals surface area contributed by atoms with Crippen LogP contribution in [-0.4, -0.2) is 183 Å². The minimum absolute atomic E-state index is 0.0291. The molecule has 20 heteroatoms. The SMILES string of the molecule is CC(C)(C)OC(=O)N1CCN(C(=O)C(C)(C)Oc2cccc(N3CCC[C@@H](C(=O)N(CCOCCOCCOCCOc4cccc5c4C(=O)N(C4CCC(=O)NC4=O)C5=O)Cc4ccc(C5=CCN=C5)cc4)C3)c2)CC1. The average molecular weight is 1060 g/mol. The molecule has 77 heavy (non-hydrogen) atoms. The first-order chi connectivity index (χ1) is 37.0. The Balaban J connectivity index is 0.782. The highest BCUT2D eigenvalue weighted by molar-refractivity contribution is 6.24. The van der Waals surface area contributed by atoms with E-state index in [1.165, 1.54) is 6.07 Å². The molecule has 5 aliphatic rings. The molecule has 3 aromatic rings. The van der Waals surface area contributed by atoms with Crippen molar-refractivity contribution in [2.24, 2.45) is 10.9 Å². The molecule has 20 nitrogen and oxygen atoms in total. The summed E-state index contributed by atoms with van der Waals surface area (Å²) in [5.74, 6) is -2.02. The van der Waals surface area contributed by atoms with Crippen LogP contribution in [0.15, 0.2) is 77.8 Å². The van der Waals surface area contributed by atoms with E-state index in [0.717, 1.165) is 46.7 Å². The van der Waals surface area contributed by atoms with Gasteiger partial charge in [0.1, 0.15) is 29.7 Å². The molecule has 0 spiro atoms. The van der Waals surface area contributed by atoms with Crippen molar-refractivity contribution in [3.63, 3.8) is 0 Å². The summed E-state index contributed by atoms with van der Waals surface area (Å²) in [5, 5.41) is 2.20. The standard InChI is InChI=1S/C57H71N7O13/c1-56(2,3)77-55(71)61-25-23-60(24-26-61)54(70)57(4,5)76-44-11-6-10-43(35-44)62-22-8-9-42(38-62)51(67)63(37-39-14-16-40(17-15-39)41-20-21-58-36-41)27-28-72-29-30-73-31-32-74-33-34-75-47-13-7-12-45-49(47)53(69)64(52(45)68)46-18-19-48(65)59-50(46)66/h6-7,10-17,20,35-36,42,46H,8-9,18-19,21-34,37-38H2,1-5H3,(H,59,65,66)/t42-,46?/m1/s1. The minimum atomic E-state index is -1.18. The number of hydrogen-bond donors (Lipinski definition) is 1. The second kappa shape index (κ2) is 25.3. The zero-order valence-corrected chi connectivity index (χ0v) is 44.8. The first kappa shape index (κ1) is 56.1. The molecule has 2 atom stereocenters. The summed E-state index contributed by atoms with van der Waals surface area (Å²) in [6, 6.07) is 19.5. The molecular weight excluding hydrogens is 991 g/mol. The predicted octanol–water partition coefficient (Wildman–Crippen LogP) is 5.17. The van der Waals surface area contributed by atoms with Crippen molar-refractivity contribution in [3.05, 3.63) is 95.1 Å². The highest BCUT2D eigenvalue weighted by atomic mass is 16.6. The van der Waals surface area contributed by atoms with Gasteiger partial charge in [0.25, 0.3) is 17.7 Å². The summed E-state index contributed by atoms with van der Waals surface area (Å²) in [7, 11) is 0. The molecule has 0 radical (unpaired) electrons. The molecule has 412 valence electrons. The van der Waals surface area contributed by atoms with Gasteiger partial charge in [0.05, 0.1) is 63.2 Å². The van der Waals surface area contributed by atoms with Gasteiger partial charge >= 0.3 is 6.09 Å². The second-order valence-corrected chi connectivity index (χ2v) is 21.1. The molecule has 7 amide bonds. The van der Waals surface area contributed by atoms with Crippen LogP contribution in [0, 0.1) is 5.92 Å². The molecule has 5 heterocycles. The van der Waals surface area contributed by atoms with Crippen molar-refractivity contribution in [1.82, 2.24) is 24.9 Å². The van der Waals surface area contributed by atoms with Crippen LogP contribution in [-0.2, 0) is 44.7 Å². The third-order valence-electron chi connectivity index (χ3n) is 13.8. The van der Waals surface area contributed by atoms with Crippen LogP contribution in [0.2, 0.25) is 0 Å². The zero-order chi connectivity index (χ0) is 54.7. The number of piperidine rings is 2. The quantitative estimate of drug-likeness (QED) is 0.102. The number of rotatable bonds is 22. The molecule has 0 aromatic heterocycles. The maximum absolute atomic E-state index is 14.5. The Morgan fingerprint density at radius 1 is 0.766 bits per heavy atom. The summed E-state index contributed by atoms with van der Waals surface area (Å²) in [5.41, 5.74) is 2.48. The number of piperazine rings is 1. The van der Waals surface area contributed by atoms with Crippen LogP contribution < -0.4 is 19.7 Å². The third-order valence-corrected chi connectivity index (χ3v) is 13.8. The van der Waals surface area contributed by atoms with Crippen molar-refractivity contribution in [2.45, 2.75) is 84.1 Å². The molecule has 0 bridgehead atoms. The van der Waals surface area contributed by atoms with E-state index in [9.17, 15) is 33.6 Å². The fraction of sp³-hybridized carbons (Fsp3) is 0.509. The number of aliphatic imine (C=N–C) groups is 1. The number of imide groups is 2. The highest BCUT2D eigenvalue weighted by Crippen LogP contribution is 2.34. The van der Waals surface area contributed by atoms with Gasteiger partial charge in [0.15, 0.2) is 5.60 Å². The Labute approximate surface area is 449 Å². The molecular formula is C57H71N7O13. The normalized spacial score (nSPS) is 18.8. The number of nitrogens with one attached hydrogen (secondary N) is 1. The van der Waals surface area contributed by atoms with E-state index in [4.69, 9.17) is 28.4 Å². The van der Waals surface area contributed by atoms with E-state index >= 15 is 0 Å². The van der Waals surface area contributed by atoms with Gasteiger partial charge in [-0.15, -0.1) is 0 Å². The van der Waals surface area contributed by atoms with Crippen molar-refractivity contribution >= 4 is 59.0 Å². The summed E-state index contributed by atoms with van der Waals surface area (Å²) < 4.78 is 35.2. The van der Waals surface area contributed by atoms with Gasteiger partial charge in [-0.3, -0.25) is 44.0 Å². The summed E-state index contributed by atoms with van der Waals surface area (Å²) in [6.45, 7) is 15.0. The lowest BCUT2D eigenvalue weighted by molar-refractivity contribution is -0.147. The Hall–Kier alpha value is -7.16. The van der Waals surface area contributed by atoms with Crippen LogP contribution in [0.3, 0.4) is 0 Å². The van der Waals surface area contributed by atoms with E-state index in [0.29, 0.717) is 84.5 Å². The fourth-order valence-corrected chi connectivity index (χ4v) is 9.92. The highest BCUT2D eigenvalue weighted by Gasteiger charge is 2.46. The zero-order valence-electron chi connectivity index (χ0n) is 44.8. The van der Waals surface area contributed by atoms with Gasteiger partial charge < -0.3 is 48.0 Å². The summed E-state index contributed by atoms with van der Waals surface area (Å²) >= 11 is 0. The van der Waals surface area contributed by atoms with Gasteiger partial charge in [-0.05, 0) is 94.8 Å². The fourth-order valence-electron chi connectivity index (χ4n) is 9.92. The molecule has 3 aromatic carbocycles. The Kier molecular flexibility index (Phi) is 18.4. The maximum Gasteiger partial charge on any atom is 0.410 e. The molecule has 1 N–H and O–H groups in total. The lowest BCUT2D eigenvalue weighted by Gasteiger charge is -2.39. The van der Waals surface area contributed by atoms with Crippen molar-refractivity contribution < 1.29 is 62.0 Å². The number of ether oxygens (including phenoxy) is 6. The van der Waals surface area contributed by atoms with Crippen molar-refractivity contribution in [2.75, 3.05) is 104 Å². The van der Waals surface area contributed by atoms with E-state index in [1.807, 2.05) is 56.2 Å². The van der Waals surface area contributed by atoms with Crippen molar-refractivity contribution in [1.29, 1.82) is 0 Å². The lowest BCUT2D eigenvalue weighted by atomic mass is 9.95. The minimum Gasteiger partial charge on any atom is -0.490 e. The number of benzene rings is 3. The monoisotopic (exact) mass is 1060 g/mol. The number of carbonyl (C=O) groups is 7. The maximum atomic E-state index is 14.5. The van der Waals surface area contributed by atoms with Crippen LogP contribution in [0.5, 0.6) is 11.5 Å². The van der Waals surface area contributed by atoms with Gasteiger partial charge in [-0.25, -0.2) is 4.79 Å². The van der Waals surface area contributed by atoms with Gasteiger partial charge in [-0.2, -0.15) is 0 Å². The molecule has 3 saturated heterocycles. The molecule has 1 unspecified atom stereocenters. The van der Waals surface area contributed by atoms with Gasteiger partial charge in [0, 0.05) is 76.7 Å². The lowest BCUT2D eigenvalue weighted by Crippen LogP contribution is -2.57. The molecule has 0 aliphatic carbocycles. The first-order valence-corrected chi connectivity index (χ1v) is 26.6. The number of fused-ring (bicyclic) bond motifs is 1. The van der Waals surface area contributed by atoms with Gasteiger partial charge in [0.2, 0.25) is 17.7 Å². The molecule has 0 saturated carbocycles. The van der Waals surface area contributed by atoms with Gasteiger partial charge in [-0.1, -0.05) is 42.5 Å². The van der Waals surface area contributed by atoms with E-state index in [1.54, 1.807) is 35.8 Å². The van der Waals surface area contributed by atoms with Crippen molar-refractivity contribution in [3.8, 4) is 11.5 Å². The number of anilines is 1. The van der Waals surface area contributed by atoms with E-state index in [-0.39, 0.29) is 73.4 Å². The van der Waals surface area contributed by atoms with E-state index < -0.39 is 40.9 Å². The number of hydrogen-bond acceptors (Lipinski definition) is 15. The summed E-state index contributed by atoms with van der Waals surface area (Å²) in [4.78, 5) is 104.